The van der Waals surface area contributed by atoms with Gasteiger partial charge in [0.05, 0.1) is 0 Å². The van der Waals surface area contributed by atoms with Crippen molar-refractivity contribution in [3.8, 4) is 5.75 Å². The third kappa shape index (κ3) is 4.75. The van der Waals surface area contributed by atoms with Gasteiger partial charge in [-0.1, -0.05) is 18.2 Å². The van der Waals surface area contributed by atoms with E-state index in [1.165, 1.54) is 0 Å². The van der Waals surface area contributed by atoms with Gasteiger partial charge in [0.15, 0.2) is 0 Å². The number of hydrogen-bond acceptors (Lipinski definition) is 3. The predicted molar refractivity (Wildman–Crippen MR) is 39.5 cm³/mol. The van der Waals surface area contributed by atoms with Gasteiger partial charge in [0.25, 0.3) is 0 Å². The fraction of sp³-hybridized carbons (Fsp3) is 0. The average Bonchev–Trinajstić information content (AvgIpc) is 1.88. The van der Waals surface area contributed by atoms with Gasteiger partial charge in [-0.25, -0.2) is 0 Å². The van der Waals surface area contributed by atoms with Crippen molar-refractivity contribution in [3.63, 3.8) is 0 Å². The first-order valence-corrected chi connectivity index (χ1v) is 3.86. The molecule has 0 heterocycles. The van der Waals surface area contributed by atoms with Crippen LogP contribution in [0.2, 0.25) is 0 Å². The van der Waals surface area contributed by atoms with E-state index in [4.69, 9.17) is 9.79 Å². The minimum atomic E-state index is -2.28. The molecule has 0 spiro atoms. The Kier molecular flexibility index (Phi) is 6.15. The van der Waals surface area contributed by atoms with E-state index in [1.54, 1.807) is 24.3 Å². The minimum absolute atomic E-state index is 0. The summed E-state index contributed by atoms with van der Waals surface area (Å²) in [6, 6.07) is 8.65. The molecular formula is C6H8NaO3P. The summed E-state index contributed by atoms with van der Waals surface area (Å²) >= 11 is 0. The molecule has 1 aromatic rings. The summed E-state index contributed by atoms with van der Waals surface area (Å²) in [5.41, 5.74) is 0. The molecule has 56 valence electrons. The van der Waals surface area contributed by atoms with Gasteiger partial charge in [-0.3, -0.25) is 0 Å². The van der Waals surface area contributed by atoms with E-state index < -0.39 is 8.60 Å². The predicted octanol–water partition coefficient (Wildman–Crippen LogP) is -1.61. The Labute approximate surface area is 89.8 Å². The zero-order valence-electron chi connectivity index (χ0n) is 7.14. The molecule has 0 aliphatic rings. The van der Waals surface area contributed by atoms with Crippen molar-refractivity contribution < 1.29 is 45.3 Å². The van der Waals surface area contributed by atoms with Crippen LogP contribution < -0.4 is 34.1 Å². The van der Waals surface area contributed by atoms with Crippen molar-refractivity contribution >= 4 is 8.60 Å². The van der Waals surface area contributed by atoms with E-state index in [9.17, 15) is 0 Å². The van der Waals surface area contributed by atoms with E-state index >= 15 is 0 Å². The summed E-state index contributed by atoms with van der Waals surface area (Å²) in [6.45, 7) is 0. The van der Waals surface area contributed by atoms with Crippen molar-refractivity contribution in [2.24, 2.45) is 0 Å². The Balaban J connectivity index is 0. The Bertz CT molecular complexity index is 197. The van der Waals surface area contributed by atoms with Gasteiger partial charge in [0, 0.05) is 0 Å². The van der Waals surface area contributed by atoms with Crippen LogP contribution in [0.15, 0.2) is 30.3 Å². The number of para-hydroxylation sites is 1. The van der Waals surface area contributed by atoms with Gasteiger partial charge < -0.3 is 15.7 Å². The molecule has 1 aromatic carbocycles. The topological polar surface area (TPSA) is 49.7 Å². The molecule has 0 unspecified atom stereocenters. The molecular weight excluding hydrogens is 174 g/mol. The summed E-state index contributed by atoms with van der Waals surface area (Å²) in [6.07, 6.45) is 0. The maximum absolute atomic E-state index is 8.40. The van der Waals surface area contributed by atoms with Crippen LogP contribution in [-0.2, 0) is 0 Å². The van der Waals surface area contributed by atoms with Crippen molar-refractivity contribution in [1.29, 1.82) is 0 Å². The first kappa shape index (κ1) is 11.4. The maximum Gasteiger partial charge on any atom is 1.00 e. The molecule has 0 aromatic heterocycles. The quantitative estimate of drug-likeness (QED) is 0.427. The van der Waals surface area contributed by atoms with Crippen LogP contribution in [0.5, 0.6) is 5.75 Å². The van der Waals surface area contributed by atoms with E-state index in [1.807, 2.05) is 6.07 Å². The molecule has 0 saturated carbocycles. The van der Waals surface area contributed by atoms with Gasteiger partial charge in [-0.15, -0.1) is 0 Å². The maximum atomic E-state index is 8.40. The summed E-state index contributed by atoms with van der Waals surface area (Å²) in [5.74, 6) is 0.471. The molecule has 3 nitrogen and oxygen atoms in total. The molecule has 0 atom stereocenters. The van der Waals surface area contributed by atoms with E-state index in [0.717, 1.165) is 0 Å². The SMILES string of the molecule is OP(O)Oc1ccccc1.[H-].[Na+]. The summed E-state index contributed by atoms with van der Waals surface area (Å²) in [7, 11) is -2.28. The van der Waals surface area contributed by atoms with Crippen LogP contribution in [0.1, 0.15) is 1.43 Å². The van der Waals surface area contributed by atoms with Gasteiger partial charge in [-0.05, 0) is 12.1 Å². The van der Waals surface area contributed by atoms with E-state index in [0.29, 0.717) is 5.75 Å². The number of benzene rings is 1. The molecule has 2 N–H and O–H groups in total. The van der Waals surface area contributed by atoms with Crippen LogP contribution >= 0.6 is 8.60 Å². The van der Waals surface area contributed by atoms with Gasteiger partial charge in [0.1, 0.15) is 5.75 Å². The van der Waals surface area contributed by atoms with Crippen LogP contribution in [-0.4, -0.2) is 9.79 Å². The first-order valence-electron chi connectivity index (χ1n) is 2.70. The number of rotatable bonds is 2. The Morgan fingerprint density at radius 2 is 1.73 bits per heavy atom. The minimum Gasteiger partial charge on any atom is -1.00 e. The largest absolute Gasteiger partial charge is 1.00 e. The zero-order valence-corrected chi connectivity index (χ0v) is 9.03. The van der Waals surface area contributed by atoms with Crippen LogP contribution in [0.25, 0.3) is 0 Å². The van der Waals surface area contributed by atoms with Gasteiger partial charge in [-0.2, -0.15) is 0 Å². The third-order valence-electron chi connectivity index (χ3n) is 0.930. The summed E-state index contributed by atoms with van der Waals surface area (Å²) < 4.78 is 4.59. The molecule has 11 heavy (non-hydrogen) atoms. The molecule has 0 radical (unpaired) electrons. The fourth-order valence-corrected chi connectivity index (χ4v) is 0.886. The van der Waals surface area contributed by atoms with Crippen LogP contribution in [0.3, 0.4) is 0 Å². The monoisotopic (exact) mass is 182 g/mol. The Hall–Kier alpha value is 0.370. The van der Waals surface area contributed by atoms with Crippen molar-refractivity contribution in [2.75, 3.05) is 0 Å². The molecule has 0 amide bonds. The third-order valence-corrected chi connectivity index (χ3v) is 1.30. The Morgan fingerprint density at radius 1 is 1.18 bits per heavy atom. The molecule has 0 aliphatic carbocycles. The molecule has 0 saturated heterocycles. The second-order valence-corrected chi connectivity index (χ2v) is 2.35. The zero-order chi connectivity index (χ0) is 7.40. The van der Waals surface area contributed by atoms with Gasteiger partial charge in [0.2, 0.25) is 0 Å². The molecule has 0 aliphatic heterocycles. The second-order valence-electron chi connectivity index (χ2n) is 1.66. The van der Waals surface area contributed by atoms with Gasteiger partial charge >= 0.3 is 38.2 Å². The molecule has 0 fully saturated rings. The van der Waals surface area contributed by atoms with Crippen molar-refractivity contribution in [1.82, 2.24) is 0 Å². The normalized spacial score (nSPS) is 9.00. The smallest absolute Gasteiger partial charge is 1.00 e. The first-order chi connectivity index (χ1) is 4.79. The standard InChI is InChI=1S/C6H7O3P.Na.H/c7-10(8)9-6-4-2-1-3-5-6;;/h1-5,7-8H;;/q;+1;-1. The average molecular weight is 182 g/mol. The molecule has 1 rings (SSSR count). The van der Waals surface area contributed by atoms with Crippen molar-refractivity contribution in [3.05, 3.63) is 30.3 Å². The summed E-state index contributed by atoms with van der Waals surface area (Å²) in [5, 5.41) is 0. The van der Waals surface area contributed by atoms with E-state index in [-0.39, 0.29) is 31.0 Å². The Morgan fingerprint density at radius 3 is 2.18 bits per heavy atom. The van der Waals surface area contributed by atoms with Crippen molar-refractivity contribution in [2.45, 2.75) is 0 Å². The van der Waals surface area contributed by atoms with Crippen LogP contribution in [0.4, 0.5) is 0 Å². The fourth-order valence-electron chi connectivity index (χ4n) is 0.576. The molecule has 0 bridgehead atoms. The number of hydrogen-bond donors (Lipinski definition) is 2. The second kappa shape index (κ2) is 5.95. The molecule has 5 heteroatoms. The summed E-state index contributed by atoms with van der Waals surface area (Å²) in [4.78, 5) is 16.8. The van der Waals surface area contributed by atoms with E-state index in [2.05, 4.69) is 4.52 Å². The van der Waals surface area contributed by atoms with Crippen LogP contribution in [0, 0.1) is 0 Å².